The maximum Gasteiger partial charge on any atom is 0.163 e. The molecule has 3 rings (SSSR count). The van der Waals surface area contributed by atoms with Crippen LogP contribution in [0.3, 0.4) is 0 Å². The molecule has 0 saturated carbocycles. The van der Waals surface area contributed by atoms with Crippen LogP contribution in [0.1, 0.15) is 44.7 Å². The van der Waals surface area contributed by atoms with Gasteiger partial charge in [0.15, 0.2) is 11.6 Å². The molecule has 142 valence electrons. The lowest BCUT2D eigenvalue weighted by atomic mass is 9.78. The predicted octanol–water partition coefficient (Wildman–Crippen LogP) is 6.49. The maximum atomic E-state index is 13.2. The number of hydrogen-bond donors (Lipinski definition) is 0. The van der Waals surface area contributed by atoms with Gasteiger partial charge in [-0.05, 0) is 69.5 Å². The van der Waals surface area contributed by atoms with E-state index < -0.39 is 15.4 Å². The fraction of sp³-hybridized carbons (Fsp3) is 0.364. The Hall–Kier alpha value is -1.29. The third-order valence-electron chi connectivity index (χ3n) is 5.05. The molecule has 2 nitrogen and oxygen atoms in total. The smallest absolute Gasteiger partial charge is 0.163 e. The van der Waals surface area contributed by atoms with Crippen LogP contribution >= 0.6 is 35.0 Å². The fourth-order valence-corrected chi connectivity index (χ4v) is 5.91. The standard InChI is InChI=1S/C22H22Cl2O2S/c1-12-6-7-13(15-9-8-14(23)11-17(15)24)10-16(12)18-19(25)21(2,3)27-22(4,5)20(18)26/h6-11,18H,1-5H3. The number of ketones is 2. The Morgan fingerprint density at radius 1 is 0.889 bits per heavy atom. The summed E-state index contributed by atoms with van der Waals surface area (Å²) in [5, 5.41) is 1.10. The van der Waals surface area contributed by atoms with E-state index in [1.54, 1.807) is 12.1 Å². The van der Waals surface area contributed by atoms with Gasteiger partial charge in [-0.1, -0.05) is 41.4 Å². The molecule has 2 aromatic rings. The first kappa shape index (κ1) is 20.4. The second kappa shape index (κ2) is 6.95. The van der Waals surface area contributed by atoms with Crippen molar-refractivity contribution in [2.75, 3.05) is 0 Å². The molecule has 1 aliphatic heterocycles. The van der Waals surface area contributed by atoms with Crippen molar-refractivity contribution in [3.8, 4) is 11.1 Å². The van der Waals surface area contributed by atoms with Gasteiger partial charge in [0.1, 0.15) is 5.92 Å². The van der Waals surface area contributed by atoms with Gasteiger partial charge in [-0.2, -0.15) is 0 Å². The van der Waals surface area contributed by atoms with E-state index in [0.717, 1.165) is 22.3 Å². The molecule has 0 N–H and O–H groups in total. The molecule has 0 atom stereocenters. The van der Waals surface area contributed by atoms with Crippen molar-refractivity contribution < 1.29 is 9.59 Å². The summed E-state index contributed by atoms with van der Waals surface area (Å²) in [7, 11) is 0. The molecular formula is C22H22Cl2O2S. The Kier molecular flexibility index (Phi) is 5.26. The zero-order chi connectivity index (χ0) is 20.1. The number of halogens is 2. The first-order chi connectivity index (χ1) is 12.4. The number of carbonyl (C=O) groups is 2. The molecule has 1 fully saturated rings. The number of rotatable bonds is 2. The lowest BCUT2D eigenvalue weighted by Gasteiger charge is -2.42. The summed E-state index contributed by atoms with van der Waals surface area (Å²) in [5.74, 6) is -0.846. The molecule has 0 unspecified atom stereocenters. The van der Waals surface area contributed by atoms with Crippen molar-refractivity contribution in [1.82, 2.24) is 0 Å². The molecule has 0 aromatic heterocycles. The normalized spacial score (nSPS) is 19.4. The molecule has 1 saturated heterocycles. The predicted molar refractivity (Wildman–Crippen MR) is 115 cm³/mol. The van der Waals surface area contributed by atoms with Crippen molar-refractivity contribution in [1.29, 1.82) is 0 Å². The van der Waals surface area contributed by atoms with Crippen LogP contribution in [0.15, 0.2) is 36.4 Å². The summed E-state index contributed by atoms with van der Waals surface area (Å²) in [4.78, 5) is 26.3. The summed E-state index contributed by atoms with van der Waals surface area (Å²) in [6, 6.07) is 11.1. The van der Waals surface area contributed by atoms with Crippen LogP contribution in [-0.2, 0) is 9.59 Å². The highest BCUT2D eigenvalue weighted by atomic mass is 35.5. The van der Waals surface area contributed by atoms with Crippen molar-refractivity contribution in [3.05, 3.63) is 57.6 Å². The minimum absolute atomic E-state index is 0.0423. The molecule has 1 aliphatic rings. The number of thioether (sulfide) groups is 1. The molecule has 0 amide bonds. The Bertz CT molecular complexity index is 921. The van der Waals surface area contributed by atoms with E-state index in [1.807, 2.05) is 58.9 Å². The summed E-state index contributed by atoms with van der Waals surface area (Å²) < 4.78 is -1.25. The Labute approximate surface area is 174 Å². The number of Topliss-reactive ketones (excluding diaryl/α,β-unsaturated/α-hetero) is 2. The molecule has 0 bridgehead atoms. The lowest BCUT2D eigenvalue weighted by Crippen LogP contribution is -2.51. The molecule has 1 heterocycles. The summed E-state index contributed by atoms with van der Waals surface area (Å²) in [5.41, 5.74) is 3.38. The quantitative estimate of drug-likeness (QED) is 0.520. The molecule has 5 heteroatoms. The van der Waals surface area contributed by atoms with E-state index in [-0.39, 0.29) is 11.6 Å². The van der Waals surface area contributed by atoms with Crippen LogP contribution in [0.2, 0.25) is 10.0 Å². The van der Waals surface area contributed by atoms with E-state index in [4.69, 9.17) is 23.2 Å². The van der Waals surface area contributed by atoms with Crippen molar-refractivity contribution >= 4 is 46.5 Å². The lowest BCUT2D eigenvalue weighted by molar-refractivity contribution is -0.132. The SMILES string of the molecule is Cc1ccc(-c2ccc(Cl)cc2Cl)cc1C1C(=O)C(C)(C)SC(C)(C)C1=O. The highest BCUT2D eigenvalue weighted by molar-refractivity contribution is 8.03. The van der Waals surface area contributed by atoms with E-state index >= 15 is 0 Å². The van der Waals surface area contributed by atoms with E-state index in [1.165, 1.54) is 11.8 Å². The van der Waals surface area contributed by atoms with Crippen LogP contribution in [0.4, 0.5) is 0 Å². The van der Waals surface area contributed by atoms with Gasteiger partial charge >= 0.3 is 0 Å². The number of hydrogen-bond acceptors (Lipinski definition) is 3. The second-order valence-electron chi connectivity index (χ2n) is 7.98. The van der Waals surface area contributed by atoms with Crippen molar-refractivity contribution in [2.45, 2.75) is 50.0 Å². The largest absolute Gasteiger partial charge is 0.297 e. The second-order valence-corrected chi connectivity index (χ2v) is 11.1. The Morgan fingerprint density at radius 3 is 2.04 bits per heavy atom. The van der Waals surface area contributed by atoms with Gasteiger partial charge in [0.25, 0.3) is 0 Å². The fourth-order valence-electron chi connectivity index (χ4n) is 3.68. The van der Waals surface area contributed by atoms with Gasteiger partial charge in [-0.15, -0.1) is 11.8 Å². The molecule has 27 heavy (non-hydrogen) atoms. The van der Waals surface area contributed by atoms with Gasteiger partial charge in [0.05, 0.1) is 9.49 Å². The monoisotopic (exact) mass is 420 g/mol. The van der Waals surface area contributed by atoms with E-state index in [0.29, 0.717) is 10.0 Å². The van der Waals surface area contributed by atoms with Crippen LogP contribution < -0.4 is 0 Å². The maximum absolute atomic E-state index is 13.2. The average molecular weight is 421 g/mol. The highest BCUT2D eigenvalue weighted by Crippen LogP contribution is 2.49. The van der Waals surface area contributed by atoms with E-state index in [2.05, 4.69) is 0 Å². The summed E-state index contributed by atoms with van der Waals surface area (Å²) >= 11 is 13.8. The average Bonchev–Trinajstić information content (AvgIpc) is 2.55. The van der Waals surface area contributed by atoms with Gasteiger partial charge in [0, 0.05) is 15.6 Å². The minimum atomic E-state index is -0.762. The molecule has 0 spiro atoms. The number of benzene rings is 2. The minimum Gasteiger partial charge on any atom is -0.297 e. The van der Waals surface area contributed by atoms with Gasteiger partial charge in [-0.25, -0.2) is 0 Å². The summed E-state index contributed by atoms with van der Waals surface area (Å²) in [6.45, 7) is 9.53. The molecule has 0 radical (unpaired) electrons. The van der Waals surface area contributed by atoms with Gasteiger partial charge < -0.3 is 0 Å². The molecule has 0 aliphatic carbocycles. The highest BCUT2D eigenvalue weighted by Gasteiger charge is 2.52. The zero-order valence-electron chi connectivity index (χ0n) is 16.0. The zero-order valence-corrected chi connectivity index (χ0v) is 18.4. The van der Waals surface area contributed by atoms with Crippen molar-refractivity contribution in [3.63, 3.8) is 0 Å². The first-order valence-corrected chi connectivity index (χ1v) is 10.4. The van der Waals surface area contributed by atoms with Crippen LogP contribution in [0, 0.1) is 6.92 Å². The topological polar surface area (TPSA) is 34.1 Å². The van der Waals surface area contributed by atoms with Crippen LogP contribution in [0.25, 0.3) is 11.1 Å². The Balaban J connectivity index is 2.16. The van der Waals surface area contributed by atoms with Gasteiger partial charge in [-0.3, -0.25) is 9.59 Å². The number of carbonyl (C=O) groups excluding carboxylic acids is 2. The first-order valence-electron chi connectivity index (χ1n) is 8.79. The van der Waals surface area contributed by atoms with Gasteiger partial charge in [0.2, 0.25) is 0 Å². The van der Waals surface area contributed by atoms with E-state index in [9.17, 15) is 9.59 Å². The molecule has 2 aromatic carbocycles. The third-order valence-corrected chi connectivity index (χ3v) is 7.02. The third kappa shape index (κ3) is 3.70. The number of aryl methyl sites for hydroxylation is 1. The summed E-state index contributed by atoms with van der Waals surface area (Å²) in [6.07, 6.45) is 0. The van der Waals surface area contributed by atoms with Crippen molar-refractivity contribution in [2.24, 2.45) is 0 Å². The Morgan fingerprint density at radius 2 is 1.48 bits per heavy atom. The van der Waals surface area contributed by atoms with Crippen LogP contribution in [-0.4, -0.2) is 21.1 Å². The molecular weight excluding hydrogens is 399 g/mol. The van der Waals surface area contributed by atoms with Crippen LogP contribution in [0.5, 0.6) is 0 Å².